The van der Waals surface area contributed by atoms with Crippen LogP contribution >= 0.6 is 0 Å². The van der Waals surface area contributed by atoms with Crippen LogP contribution in [0.5, 0.6) is 5.75 Å². The van der Waals surface area contributed by atoms with Crippen LogP contribution in [-0.2, 0) is 12.8 Å². The fourth-order valence-electron chi connectivity index (χ4n) is 5.00. The van der Waals surface area contributed by atoms with Crippen molar-refractivity contribution in [3.8, 4) is 5.75 Å². The number of hydrogen-bond donors (Lipinski definition) is 0. The van der Waals surface area contributed by atoms with Gasteiger partial charge in [-0.2, -0.15) is 0 Å². The number of amides is 1. The number of aryl methyl sites for hydroxylation is 1. The molecule has 1 aliphatic carbocycles. The Morgan fingerprint density at radius 2 is 2.07 bits per heavy atom. The van der Waals surface area contributed by atoms with Crippen LogP contribution in [0.2, 0.25) is 0 Å². The molecule has 2 aromatic rings. The molecule has 0 bridgehead atoms. The molecule has 1 aromatic heterocycles. The number of carbonyl (C=O) groups is 1. The van der Waals surface area contributed by atoms with Crippen LogP contribution in [0.15, 0.2) is 35.0 Å². The summed E-state index contributed by atoms with van der Waals surface area (Å²) in [5.41, 5.74) is 2.92. The van der Waals surface area contributed by atoms with E-state index < -0.39 is 0 Å². The molecule has 2 aliphatic rings. The van der Waals surface area contributed by atoms with E-state index in [9.17, 15) is 4.79 Å². The number of piperidine rings is 1. The van der Waals surface area contributed by atoms with Crippen molar-refractivity contribution in [1.29, 1.82) is 0 Å². The molecule has 2 heterocycles. The van der Waals surface area contributed by atoms with Gasteiger partial charge in [0.05, 0.1) is 13.3 Å². The molecular weight excluding hydrogens is 378 g/mol. The zero-order valence-corrected chi connectivity index (χ0v) is 18.2. The molecule has 0 N–H and O–H groups in total. The predicted molar refractivity (Wildman–Crippen MR) is 116 cm³/mol. The number of benzene rings is 1. The first kappa shape index (κ1) is 20.9. The largest absolute Gasteiger partial charge is 0.497 e. The van der Waals surface area contributed by atoms with E-state index in [1.807, 2.05) is 4.90 Å². The summed E-state index contributed by atoms with van der Waals surface area (Å²) in [7, 11) is 1.74. The van der Waals surface area contributed by atoms with Gasteiger partial charge in [-0.3, -0.25) is 9.69 Å². The van der Waals surface area contributed by atoms with Crippen LogP contribution in [0.3, 0.4) is 0 Å². The minimum atomic E-state index is -0.0331. The molecule has 1 saturated heterocycles. The smallest absolute Gasteiger partial charge is 0.292 e. The van der Waals surface area contributed by atoms with Crippen molar-refractivity contribution in [1.82, 2.24) is 15.0 Å². The quantitative estimate of drug-likeness (QED) is 0.694. The van der Waals surface area contributed by atoms with E-state index in [0.29, 0.717) is 17.7 Å². The molecule has 0 spiro atoms. The van der Waals surface area contributed by atoms with E-state index in [4.69, 9.17) is 9.26 Å². The van der Waals surface area contributed by atoms with Gasteiger partial charge in [0.2, 0.25) is 5.76 Å². The lowest BCUT2D eigenvalue weighted by molar-refractivity contribution is 0.0603. The van der Waals surface area contributed by atoms with Crippen molar-refractivity contribution in [3.05, 3.63) is 47.3 Å². The number of ether oxygens (including phenoxy) is 1. The highest BCUT2D eigenvalue weighted by molar-refractivity contribution is 5.91. The van der Waals surface area contributed by atoms with Crippen LogP contribution in [-0.4, -0.2) is 60.2 Å². The van der Waals surface area contributed by atoms with E-state index in [0.717, 1.165) is 57.6 Å². The Labute approximate surface area is 179 Å². The van der Waals surface area contributed by atoms with E-state index >= 15 is 0 Å². The van der Waals surface area contributed by atoms with Crippen molar-refractivity contribution >= 4 is 5.91 Å². The highest BCUT2D eigenvalue weighted by Gasteiger charge is 2.29. The van der Waals surface area contributed by atoms with Crippen molar-refractivity contribution in [2.24, 2.45) is 5.92 Å². The monoisotopic (exact) mass is 411 g/mol. The number of aromatic nitrogens is 1. The molecule has 0 radical (unpaired) electrons. The second-order valence-electron chi connectivity index (χ2n) is 8.64. The lowest BCUT2D eigenvalue weighted by Crippen LogP contribution is -2.46. The van der Waals surface area contributed by atoms with Gasteiger partial charge in [-0.15, -0.1) is 0 Å². The first-order valence-corrected chi connectivity index (χ1v) is 11.3. The van der Waals surface area contributed by atoms with Crippen molar-refractivity contribution in [2.45, 2.75) is 51.5 Å². The molecule has 6 heteroatoms. The molecule has 0 saturated carbocycles. The molecule has 1 atom stereocenters. The van der Waals surface area contributed by atoms with Crippen molar-refractivity contribution in [3.63, 3.8) is 0 Å². The van der Waals surface area contributed by atoms with Crippen LogP contribution < -0.4 is 4.74 Å². The van der Waals surface area contributed by atoms with Gasteiger partial charge in [0.15, 0.2) is 0 Å². The summed E-state index contributed by atoms with van der Waals surface area (Å²) in [6.07, 6.45) is 8.28. The normalized spacial score (nSPS) is 19.7. The van der Waals surface area contributed by atoms with Gasteiger partial charge >= 0.3 is 0 Å². The predicted octanol–water partition coefficient (Wildman–Crippen LogP) is 3.80. The minimum absolute atomic E-state index is 0.0331. The van der Waals surface area contributed by atoms with Crippen LogP contribution in [0.4, 0.5) is 0 Å². The van der Waals surface area contributed by atoms with Crippen LogP contribution in [0.1, 0.15) is 54.3 Å². The van der Waals surface area contributed by atoms with Gasteiger partial charge in [0.1, 0.15) is 5.75 Å². The summed E-state index contributed by atoms with van der Waals surface area (Å²) in [6.45, 7) is 6.14. The molecule has 4 rings (SSSR count). The maximum absolute atomic E-state index is 12.5. The summed E-state index contributed by atoms with van der Waals surface area (Å²) in [5.74, 6) is 1.91. The molecule has 30 heavy (non-hydrogen) atoms. The lowest BCUT2D eigenvalue weighted by Gasteiger charge is -2.39. The van der Waals surface area contributed by atoms with Crippen LogP contribution in [0.25, 0.3) is 0 Å². The summed E-state index contributed by atoms with van der Waals surface area (Å²) in [5, 5.41) is 3.65. The Kier molecular flexibility index (Phi) is 6.72. The van der Waals surface area contributed by atoms with Gasteiger partial charge in [0.25, 0.3) is 5.91 Å². The Morgan fingerprint density at radius 3 is 2.77 bits per heavy atom. The molecule has 1 aliphatic heterocycles. The van der Waals surface area contributed by atoms with E-state index in [1.165, 1.54) is 30.2 Å². The third-order valence-corrected chi connectivity index (χ3v) is 6.69. The van der Waals surface area contributed by atoms with Crippen LogP contribution in [0, 0.1) is 5.92 Å². The third-order valence-electron chi connectivity index (χ3n) is 6.69. The highest BCUT2D eigenvalue weighted by atomic mass is 16.5. The van der Waals surface area contributed by atoms with Gasteiger partial charge < -0.3 is 14.2 Å². The fraction of sp³-hybridized carbons (Fsp3) is 0.583. The summed E-state index contributed by atoms with van der Waals surface area (Å²) in [4.78, 5) is 17.1. The first-order chi connectivity index (χ1) is 14.7. The molecule has 6 nitrogen and oxygen atoms in total. The number of hydrogen-bond acceptors (Lipinski definition) is 5. The van der Waals surface area contributed by atoms with Gasteiger partial charge in [-0.25, -0.2) is 0 Å². The van der Waals surface area contributed by atoms with E-state index in [-0.39, 0.29) is 5.91 Å². The van der Waals surface area contributed by atoms with Gasteiger partial charge in [-0.05, 0) is 74.2 Å². The molecule has 1 fully saturated rings. The molecule has 1 unspecified atom stereocenters. The van der Waals surface area contributed by atoms with Gasteiger partial charge in [0, 0.05) is 31.7 Å². The summed E-state index contributed by atoms with van der Waals surface area (Å²) < 4.78 is 10.5. The zero-order valence-electron chi connectivity index (χ0n) is 18.2. The Bertz CT molecular complexity index is 828. The van der Waals surface area contributed by atoms with Crippen molar-refractivity contribution in [2.75, 3.05) is 33.3 Å². The third kappa shape index (κ3) is 4.69. The lowest BCUT2D eigenvalue weighted by atomic mass is 9.86. The number of carbonyl (C=O) groups excluding carboxylic acids is 1. The minimum Gasteiger partial charge on any atom is -0.497 e. The fourth-order valence-corrected chi connectivity index (χ4v) is 5.00. The summed E-state index contributed by atoms with van der Waals surface area (Å²) in [6, 6.07) is 8.78. The Hall–Kier alpha value is -2.34. The standard InChI is InChI=1S/C24H33N3O3/c1-3-12-27(21-6-4-19-5-7-22(29-2)16-20(19)15-21)17-18-9-13-26(14-10-18)24(28)23-8-11-25-30-23/h5,7-8,11,16,18,21H,3-4,6,9-10,12-15,17H2,1-2H3. The maximum Gasteiger partial charge on any atom is 0.292 e. The molecule has 1 amide bonds. The Balaban J connectivity index is 1.34. The molecule has 162 valence electrons. The van der Waals surface area contributed by atoms with E-state index in [2.05, 4.69) is 35.2 Å². The number of nitrogens with zero attached hydrogens (tertiary/aromatic N) is 3. The second kappa shape index (κ2) is 9.65. The molecular formula is C24H33N3O3. The average molecular weight is 412 g/mol. The maximum atomic E-state index is 12.5. The molecule has 1 aromatic carbocycles. The topological polar surface area (TPSA) is 58.8 Å². The SMILES string of the molecule is CCCN(CC1CCN(C(=O)c2ccno2)CC1)C1CCc2ccc(OC)cc2C1. The van der Waals surface area contributed by atoms with Gasteiger partial charge in [-0.1, -0.05) is 18.1 Å². The number of rotatable bonds is 7. The average Bonchev–Trinajstić information content (AvgIpc) is 3.33. The zero-order chi connectivity index (χ0) is 20.9. The van der Waals surface area contributed by atoms with E-state index in [1.54, 1.807) is 13.2 Å². The highest BCUT2D eigenvalue weighted by Crippen LogP contribution is 2.29. The number of likely N-dealkylation sites (tertiary alicyclic amines) is 1. The number of methoxy groups -OCH3 is 1. The Morgan fingerprint density at radius 1 is 1.23 bits per heavy atom. The first-order valence-electron chi connectivity index (χ1n) is 11.3. The van der Waals surface area contributed by atoms with Crippen molar-refractivity contribution < 1.29 is 14.1 Å². The number of fused-ring (bicyclic) bond motifs is 1. The summed E-state index contributed by atoms with van der Waals surface area (Å²) >= 11 is 0. The second-order valence-corrected chi connectivity index (χ2v) is 8.64.